The van der Waals surface area contributed by atoms with E-state index in [2.05, 4.69) is 12.2 Å². The molecule has 0 spiro atoms. The number of hydrogen-bond acceptors (Lipinski definition) is 2. The molecule has 0 saturated heterocycles. The molecule has 0 heterocycles. The van der Waals surface area contributed by atoms with Gasteiger partial charge >= 0.3 is 0 Å². The van der Waals surface area contributed by atoms with Gasteiger partial charge in [0.2, 0.25) is 5.91 Å². The lowest BCUT2D eigenvalue weighted by molar-refractivity contribution is -0.132. The topological polar surface area (TPSA) is 55.1 Å². The van der Waals surface area contributed by atoms with Gasteiger partial charge in [-0.3, -0.25) is 4.79 Å². The standard InChI is InChI=1S/C12H22N2OS/c1-9(8-10(13)16)14-11(15)12(2)6-4-3-5-7-12/h9H,3-8H2,1-2H3,(H2,13,16)(H,14,15). The van der Waals surface area contributed by atoms with Crippen molar-refractivity contribution >= 4 is 23.1 Å². The Morgan fingerprint density at radius 3 is 2.50 bits per heavy atom. The highest BCUT2D eigenvalue weighted by atomic mass is 32.1. The number of amides is 1. The predicted molar refractivity (Wildman–Crippen MR) is 70.2 cm³/mol. The van der Waals surface area contributed by atoms with E-state index in [9.17, 15) is 4.79 Å². The molecule has 0 bridgehead atoms. The minimum absolute atomic E-state index is 0.0451. The lowest BCUT2D eigenvalue weighted by Crippen LogP contribution is -2.45. The summed E-state index contributed by atoms with van der Waals surface area (Å²) >= 11 is 4.84. The van der Waals surface area contributed by atoms with Crippen molar-refractivity contribution in [2.24, 2.45) is 11.1 Å². The monoisotopic (exact) mass is 242 g/mol. The maximum atomic E-state index is 12.1. The molecular formula is C12H22N2OS. The number of nitrogens with one attached hydrogen (secondary N) is 1. The minimum Gasteiger partial charge on any atom is -0.393 e. The van der Waals surface area contributed by atoms with Crippen molar-refractivity contribution in [3.05, 3.63) is 0 Å². The van der Waals surface area contributed by atoms with Crippen LogP contribution in [0.1, 0.15) is 52.4 Å². The van der Waals surface area contributed by atoms with E-state index < -0.39 is 0 Å². The fraction of sp³-hybridized carbons (Fsp3) is 0.833. The summed E-state index contributed by atoms with van der Waals surface area (Å²) in [6.45, 7) is 4.01. The van der Waals surface area contributed by atoms with Gasteiger partial charge in [-0.25, -0.2) is 0 Å². The van der Waals surface area contributed by atoms with E-state index in [0.717, 1.165) is 25.7 Å². The van der Waals surface area contributed by atoms with Crippen LogP contribution in [0.2, 0.25) is 0 Å². The minimum atomic E-state index is -0.178. The molecule has 1 amide bonds. The lowest BCUT2D eigenvalue weighted by Gasteiger charge is -2.33. The van der Waals surface area contributed by atoms with Crippen LogP contribution < -0.4 is 11.1 Å². The molecule has 4 heteroatoms. The molecule has 0 radical (unpaired) electrons. The molecule has 0 aliphatic heterocycles. The van der Waals surface area contributed by atoms with E-state index in [-0.39, 0.29) is 17.4 Å². The Balaban J connectivity index is 2.47. The highest BCUT2D eigenvalue weighted by Crippen LogP contribution is 2.35. The Morgan fingerprint density at radius 2 is 2.00 bits per heavy atom. The van der Waals surface area contributed by atoms with Crippen LogP contribution in [-0.2, 0) is 4.79 Å². The molecule has 1 fully saturated rings. The third kappa shape index (κ3) is 3.74. The first-order valence-corrected chi connectivity index (χ1v) is 6.44. The van der Waals surface area contributed by atoms with Gasteiger partial charge in [0.05, 0.1) is 4.99 Å². The normalized spacial score (nSPS) is 21.1. The molecule has 1 atom stereocenters. The summed E-state index contributed by atoms with van der Waals surface area (Å²) in [6.07, 6.45) is 6.15. The van der Waals surface area contributed by atoms with Crippen LogP contribution in [0.15, 0.2) is 0 Å². The fourth-order valence-electron chi connectivity index (χ4n) is 2.31. The zero-order valence-electron chi connectivity index (χ0n) is 10.2. The summed E-state index contributed by atoms with van der Waals surface area (Å²) < 4.78 is 0. The van der Waals surface area contributed by atoms with Crippen molar-refractivity contribution in [3.63, 3.8) is 0 Å². The molecule has 1 rings (SSSR count). The average molecular weight is 242 g/mol. The van der Waals surface area contributed by atoms with Crippen molar-refractivity contribution in [2.45, 2.75) is 58.4 Å². The SMILES string of the molecule is CC(CC(N)=S)NC(=O)C1(C)CCCCC1. The van der Waals surface area contributed by atoms with Crippen LogP contribution in [0.25, 0.3) is 0 Å². The van der Waals surface area contributed by atoms with Crippen LogP contribution in [-0.4, -0.2) is 16.9 Å². The molecule has 3 N–H and O–H groups in total. The van der Waals surface area contributed by atoms with Gasteiger partial charge in [-0.05, 0) is 19.8 Å². The smallest absolute Gasteiger partial charge is 0.226 e. The van der Waals surface area contributed by atoms with Gasteiger partial charge in [-0.15, -0.1) is 0 Å². The molecule has 1 aliphatic rings. The molecular weight excluding hydrogens is 220 g/mol. The van der Waals surface area contributed by atoms with Crippen molar-refractivity contribution in [2.75, 3.05) is 0 Å². The Bertz CT molecular complexity index is 272. The number of carbonyl (C=O) groups excluding carboxylic acids is 1. The molecule has 0 aromatic heterocycles. The van der Waals surface area contributed by atoms with Crippen LogP contribution >= 0.6 is 12.2 Å². The van der Waals surface area contributed by atoms with Crippen LogP contribution in [0.4, 0.5) is 0 Å². The van der Waals surface area contributed by atoms with E-state index in [0.29, 0.717) is 11.4 Å². The Hall–Kier alpha value is -0.640. The second-order valence-electron chi connectivity index (χ2n) is 5.17. The fourth-order valence-corrected chi connectivity index (χ4v) is 2.56. The van der Waals surface area contributed by atoms with E-state index in [1.54, 1.807) is 0 Å². The summed E-state index contributed by atoms with van der Waals surface area (Å²) in [7, 11) is 0. The number of nitrogens with two attached hydrogens (primary N) is 1. The number of hydrogen-bond donors (Lipinski definition) is 2. The zero-order chi connectivity index (χ0) is 12.2. The Labute approximate surface area is 103 Å². The second kappa shape index (κ2) is 5.62. The Morgan fingerprint density at radius 1 is 1.44 bits per heavy atom. The van der Waals surface area contributed by atoms with Crippen LogP contribution in [0.5, 0.6) is 0 Å². The summed E-state index contributed by atoms with van der Waals surface area (Å²) in [5.41, 5.74) is 5.28. The highest BCUT2D eigenvalue weighted by Gasteiger charge is 2.34. The van der Waals surface area contributed by atoms with Crippen molar-refractivity contribution in [1.82, 2.24) is 5.32 Å². The maximum absolute atomic E-state index is 12.1. The third-order valence-electron chi connectivity index (χ3n) is 3.39. The van der Waals surface area contributed by atoms with Gasteiger partial charge in [-0.2, -0.15) is 0 Å². The van der Waals surface area contributed by atoms with Gasteiger partial charge in [0.1, 0.15) is 0 Å². The summed E-state index contributed by atoms with van der Waals surface area (Å²) in [4.78, 5) is 12.6. The number of carbonyl (C=O) groups is 1. The van der Waals surface area contributed by atoms with Crippen LogP contribution in [0, 0.1) is 5.41 Å². The molecule has 1 saturated carbocycles. The van der Waals surface area contributed by atoms with Crippen LogP contribution in [0.3, 0.4) is 0 Å². The summed E-state index contributed by atoms with van der Waals surface area (Å²) in [5, 5.41) is 3.01. The van der Waals surface area contributed by atoms with E-state index in [1.165, 1.54) is 6.42 Å². The van der Waals surface area contributed by atoms with E-state index in [1.807, 2.05) is 6.92 Å². The molecule has 1 aliphatic carbocycles. The van der Waals surface area contributed by atoms with Crippen molar-refractivity contribution in [3.8, 4) is 0 Å². The molecule has 1 unspecified atom stereocenters. The second-order valence-corrected chi connectivity index (χ2v) is 5.69. The quantitative estimate of drug-likeness (QED) is 0.743. The molecule has 92 valence electrons. The van der Waals surface area contributed by atoms with Crippen molar-refractivity contribution < 1.29 is 4.79 Å². The first-order valence-electron chi connectivity index (χ1n) is 6.03. The van der Waals surface area contributed by atoms with Gasteiger partial charge in [0.15, 0.2) is 0 Å². The lowest BCUT2D eigenvalue weighted by atomic mass is 9.75. The van der Waals surface area contributed by atoms with E-state index in [4.69, 9.17) is 18.0 Å². The van der Waals surface area contributed by atoms with Gasteiger partial charge in [0, 0.05) is 17.9 Å². The molecule has 0 aromatic rings. The Kier molecular flexibility index (Phi) is 4.71. The van der Waals surface area contributed by atoms with Gasteiger partial charge in [0.25, 0.3) is 0 Å². The van der Waals surface area contributed by atoms with Crippen molar-refractivity contribution in [1.29, 1.82) is 0 Å². The average Bonchev–Trinajstić information content (AvgIpc) is 2.17. The number of thiocarbonyl (C=S) groups is 1. The van der Waals surface area contributed by atoms with Gasteiger partial charge < -0.3 is 11.1 Å². The summed E-state index contributed by atoms with van der Waals surface area (Å²) in [6, 6.07) is 0.0451. The maximum Gasteiger partial charge on any atom is 0.226 e. The third-order valence-corrected chi connectivity index (χ3v) is 3.56. The molecule has 3 nitrogen and oxygen atoms in total. The first kappa shape index (κ1) is 13.4. The zero-order valence-corrected chi connectivity index (χ0v) is 11.0. The van der Waals surface area contributed by atoms with Gasteiger partial charge in [-0.1, -0.05) is 38.4 Å². The largest absolute Gasteiger partial charge is 0.393 e. The highest BCUT2D eigenvalue weighted by molar-refractivity contribution is 7.80. The number of rotatable bonds is 4. The van der Waals surface area contributed by atoms with E-state index >= 15 is 0 Å². The summed E-state index contributed by atoms with van der Waals surface area (Å²) in [5.74, 6) is 0.163. The predicted octanol–water partition coefficient (Wildman–Crippen LogP) is 2.14. The first-order chi connectivity index (χ1) is 7.44. The molecule has 0 aromatic carbocycles. The molecule has 16 heavy (non-hydrogen) atoms.